The summed E-state index contributed by atoms with van der Waals surface area (Å²) in [5.74, 6) is 0.701. The minimum Gasteiger partial charge on any atom is -0.309 e. The molecule has 0 aliphatic heterocycles. The number of fused-ring (bicyclic) bond motifs is 1. The normalized spacial score (nSPS) is 19.1. The van der Waals surface area contributed by atoms with Crippen molar-refractivity contribution in [2.24, 2.45) is 5.92 Å². The van der Waals surface area contributed by atoms with Crippen LogP contribution in [-0.4, -0.2) is 31.3 Å². The fourth-order valence-electron chi connectivity index (χ4n) is 3.15. The van der Waals surface area contributed by atoms with Gasteiger partial charge in [-0.2, -0.15) is 0 Å². The van der Waals surface area contributed by atoms with Crippen molar-refractivity contribution in [3.8, 4) is 0 Å². The predicted molar refractivity (Wildman–Crippen MR) is 88.2 cm³/mol. The fraction of sp³-hybridized carbons (Fsp3) is 0.316. The van der Waals surface area contributed by atoms with Crippen molar-refractivity contribution in [2.75, 3.05) is 20.6 Å². The molecule has 2 heteroatoms. The first-order chi connectivity index (χ1) is 10.1. The number of ketones is 1. The van der Waals surface area contributed by atoms with Gasteiger partial charge < -0.3 is 4.90 Å². The summed E-state index contributed by atoms with van der Waals surface area (Å²) in [5.41, 5.74) is 2.39. The summed E-state index contributed by atoms with van der Waals surface area (Å²) in [5, 5.41) is 2.48. The van der Waals surface area contributed by atoms with Crippen molar-refractivity contribution < 1.29 is 4.79 Å². The Bertz CT molecular complexity index is 700. The minimum absolute atomic E-state index is 0.258. The van der Waals surface area contributed by atoms with E-state index in [9.17, 15) is 4.79 Å². The van der Waals surface area contributed by atoms with Crippen LogP contribution in [0.5, 0.6) is 0 Å². The van der Waals surface area contributed by atoms with E-state index in [0.717, 1.165) is 13.0 Å². The third kappa shape index (κ3) is 3.06. The number of hydrogen-bond acceptors (Lipinski definition) is 2. The van der Waals surface area contributed by atoms with Crippen LogP contribution >= 0.6 is 0 Å². The van der Waals surface area contributed by atoms with Crippen LogP contribution in [0, 0.1) is 5.92 Å². The van der Waals surface area contributed by atoms with Gasteiger partial charge in [0.1, 0.15) is 0 Å². The number of rotatable bonds is 3. The SMILES string of the molecule is CN(C)CC1CCC(=O)C=C1c1ccc2ccccc2c1. The molecule has 0 heterocycles. The standard InChI is InChI=1S/C19H21NO/c1-20(2)13-17-9-10-18(21)12-19(17)16-8-7-14-5-3-4-6-15(14)11-16/h3-8,11-12,17H,9-10,13H2,1-2H3. The summed E-state index contributed by atoms with van der Waals surface area (Å²) >= 11 is 0. The highest BCUT2D eigenvalue weighted by molar-refractivity contribution is 6.00. The highest BCUT2D eigenvalue weighted by Gasteiger charge is 2.23. The molecule has 0 bridgehead atoms. The molecular weight excluding hydrogens is 258 g/mol. The second kappa shape index (κ2) is 5.82. The Kier molecular flexibility index (Phi) is 3.89. The van der Waals surface area contributed by atoms with Crippen LogP contribution in [0.3, 0.4) is 0 Å². The van der Waals surface area contributed by atoms with E-state index >= 15 is 0 Å². The third-order valence-corrected chi connectivity index (χ3v) is 4.16. The van der Waals surface area contributed by atoms with E-state index in [1.165, 1.54) is 21.9 Å². The molecule has 108 valence electrons. The van der Waals surface area contributed by atoms with E-state index in [1.807, 2.05) is 6.08 Å². The van der Waals surface area contributed by atoms with Crippen LogP contribution in [0.15, 0.2) is 48.5 Å². The molecule has 0 radical (unpaired) electrons. The lowest BCUT2D eigenvalue weighted by Crippen LogP contribution is -2.25. The number of carbonyl (C=O) groups is 1. The molecular formula is C19H21NO. The lowest BCUT2D eigenvalue weighted by Gasteiger charge is -2.27. The number of hydrogen-bond donors (Lipinski definition) is 0. The van der Waals surface area contributed by atoms with Crippen LogP contribution in [-0.2, 0) is 4.79 Å². The predicted octanol–water partition coefficient (Wildman–Crippen LogP) is 3.76. The Morgan fingerprint density at radius 2 is 1.86 bits per heavy atom. The molecule has 2 nitrogen and oxygen atoms in total. The number of nitrogens with zero attached hydrogens (tertiary/aromatic N) is 1. The second-order valence-electron chi connectivity index (χ2n) is 6.13. The average molecular weight is 279 g/mol. The molecule has 0 saturated carbocycles. The number of allylic oxidation sites excluding steroid dienone is 1. The summed E-state index contributed by atoms with van der Waals surface area (Å²) in [6.07, 6.45) is 3.49. The molecule has 0 saturated heterocycles. The van der Waals surface area contributed by atoms with Gasteiger partial charge in [-0.05, 0) is 60.5 Å². The zero-order valence-corrected chi connectivity index (χ0v) is 12.7. The first-order valence-electron chi connectivity index (χ1n) is 7.52. The maximum absolute atomic E-state index is 11.9. The maximum atomic E-state index is 11.9. The van der Waals surface area contributed by atoms with Gasteiger partial charge in [0.25, 0.3) is 0 Å². The molecule has 1 unspecified atom stereocenters. The largest absolute Gasteiger partial charge is 0.309 e. The van der Waals surface area contributed by atoms with E-state index in [-0.39, 0.29) is 5.78 Å². The van der Waals surface area contributed by atoms with Gasteiger partial charge in [-0.1, -0.05) is 36.4 Å². The highest BCUT2D eigenvalue weighted by atomic mass is 16.1. The van der Waals surface area contributed by atoms with Crippen molar-refractivity contribution in [2.45, 2.75) is 12.8 Å². The molecule has 1 aliphatic rings. The quantitative estimate of drug-likeness (QED) is 0.852. The molecule has 2 aromatic carbocycles. The lowest BCUT2D eigenvalue weighted by molar-refractivity contribution is -0.115. The second-order valence-corrected chi connectivity index (χ2v) is 6.13. The van der Waals surface area contributed by atoms with E-state index < -0.39 is 0 Å². The molecule has 1 atom stereocenters. The summed E-state index contributed by atoms with van der Waals surface area (Å²) < 4.78 is 0. The molecule has 0 amide bonds. The number of benzene rings is 2. The van der Waals surface area contributed by atoms with Gasteiger partial charge in [-0.3, -0.25) is 4.79 Å². The molecule has 0 spiro atoms. The zero-order valence-electron chi connectivity index (χ0n) is 12.7. The summed E-state index contributed by atoms with van der Waals surface area (Å²) in [6, 6.07) is 14.9. The van der Waals surface area contributed by atoms with Crippen molar-refractivity contribution >= 4 is 22.1 Å². The highest BCUT2D eigenvalue weighted by Crippen LogP contribution is 2.33. The monoisotopic (exact) mass is 279 g/mol. The first kappa shape index (κ1) is 14.0. The fourth-order valence-corrected chi connectivity index (χ4v) is 3.15. The smallest absolute Gasteiger partial charge is 0.156 e. The average Bonchev–Trinajstić information content (AvgIpc) is 2.48. The van der Waals surface area contributed by atoms with Crippen LogP contribution in [0.2, 0.25) is 0 Å². The van der Waals surface area contributed by atoms with Crippen LogP contribution in [0.25, 0.3) is 16.3 Å². The van der Waals surface area contributed by atoms with Crippen molar-refractivity contribution in [3.63, 3.8) is 0 Å². The van der Waals surface area contributed by atoms with Gasteiger partial charge in [0.2, 0.25) is 0 Å². The molecule has 1 aliphatic carbocycles. The maximum Gasteiger partial charge on any atom is 0.156 e. The summed E-state index contributed by atoms with van der Waals surface area (Å²) in [4.78, 5) is 14.1. The Morgan fingerprint density at radius 3 is 2.62 bits per heavy atom. The topological polar surface area (TPSA) is 20.3 Å². The van der Waals surface area contributed by atoms with E-state index in [4.69, 9.17) is 0 Å². The van der Waals surface area contributed by atoms with Gasteiger partial charge in [0.05, 0.1) is 0 Å². The first-order valence-corrected chi connectivity index (χ1v) is 7.52. The molecule has 21 heavy (non-hydrogen) atoms. The Morgan fingerprint density at radius 1 is 1.10 bits per heavy atom. The summed E-state index contributed by atoms with van der Waals surface area (Å²) in [7, 11) is 4.18. The molecule has 2 aromatic rings. The van der Waals surface area contributed by atoms with E-state index in [1.54, 1.807) is 0 Å². The van der Waals surface area contributed by atoms with Gasteiger partial charge in [-0.25, -0.2) is 0 Å². The van der Waals surface area contributed by atoms with E-state index in [2.05, 4.69) is 61.5 Å². The van der Waals surface area contributed by atoms with Crippen molar-refractivity contribution in [1.82, 2.24) is 4.90 Å². The van der Waals surface area contributed by atoms with Gasteiger partial charge in [0, 0.05) is 13.0 Å². The third-order valence-electron chi connectivity index (χ3n) is 4.16. The Hall–Kier alpha value is -1.93. The van der Waals surface area contributed by atoms with Crippen LogP contribution in [0.4, 0.5) is 0 Å². The molecule has 0 fully saturated rings. The molecule has 0 aromatic heterocycles. The van der Waals surface area contributed by atoms with Crippen LogP contribution in [0.1, 0.15) is 18.4 Å². The summed E-state index contributed by atoms with van der Waals surface area (Å²) in [6.45, 7) is 0.992. The minimum atomic E-state index is 0.258. The van der Waals surface area contributed by atoms with Crippen LogP contribution < -0.4 is 0 Å². The van der Waals surface area contributed by atoms with E-state index in [0.29, 0.717) is 12.3 Å². The molecule has 3 rings (SSSR count). The van der Waals surface area contributed by atoms with Crippen molar-refractivity contribution in [3.05, 3.63) is 54.1 Å². The van der Waals surface area contributed by atoms with Gasteiger partial charge >= 0.3 is 0 Å². The van der Waals surface area contributed by atoms with Crippen molar-refractivity contribution in [1.29, 1.82) is 0 Å². The Labute approximate surface area is 126 Å². The Balaban J connectivity index is 2.02. The zero-order chi connectivity index (χ0) is 14.8. The molecule has 0 N–H and O–H groups in total. The van der Waals surface area contributed by atoms with Gasteiger partial charge in [-0.15, -0.1) is 0 Å². The number of carbonyl (C=O) groups excluding carboxylic acids is 1. The lowest BCUT2D eigenvalue weighted by atomic mass is 9.82. The van der Waals surface area contributed by atoms with Gasteiger partial charge in [0.15, 0.2) is 5.78 Å².